The number of aromatic nitrogens is 2. The van der Waals surface area contributed by atoms with Crippen LogP contribution in [0, 0.1) is 5.92 Å². The molecular weight excluding hydrogens is 326 g/mol. The normalized spacial score (nSPS) is 16.9. The van der Waals surface area contributed by atoms with E-state index >= 15 is 0 Å². The molecule has 0 unspecified atom stereocenters. The van der Waals surface area contributed by atoms with Crippen molar-refractivity contribution in [1.82, 2.24) is 15.5 Å². The first-order valence-corrected chi connectivity index (χ1v) is 8.21. The molecule has 3 heterocycles. The summed E-state index contributed by atoms with van der Waals surface area (Å²) in [5.41, 5.74) is 0. The monoisotopic (exact) mass is 341 g/mol. The maximum Gasteiger partial charge on any atom is 0.226 e. The predicted octanol–water partition coefficient (Wildman–Crippen LogP) is 3.49. The van der Waals surface area contributed by atoms with Gasteiger partial charge in [0.05, 0.1) is 8.66 Å². The van der Waals surface area contributed by atoms with Gasteiger partial charge >= 0.3 is 0 Å². The van der Waals surface area contributed by atoms with Crippen LogP contribution >= 0.6 is 27.3 Å². The quantitative estimate of drug-likeness (QED) is 0.924. The number of aryl methyl sites for hydroxylation is 1. The summed E-state index contributed by atoms with van der Waals surface area (Å²) in [5, 5.41) is 7.44. The highest BCUT2D eigenvalue weighted by Gasteiger charge is 2.15. The molecule has 0 bridgehead atoms. The van der Waals surface area contributed by atoms with Crippen LogP contribution in [0.25, 0.3) is 10.7 Å². The van der Waals surface area contributed by atoms with Gasteiger partial charge in [0, 0.05) is 6.42 Å². The lowest BCUT2D eigenvalue weighted by atomic mass is 9.93. The zero-order valence-corrected chi connectivity index (χ0v) is 13.0. The van der Waals surface area contributed by atoms with Gasteiger partial charge in [-0.1, -0.05) is 5.16 Å². The second-order valence-electron chi connectivity index (χ2n) is 4.85. The Hall–Kier alpha value is -0.720. The zero-order chi connectivity index (χ0) is 13.1. The Bertz CT molecular complexity index is 533. The highest BCUT2D eigenvalue weighted by atomic mass is 79.9. The highest BCUT2D eigenvalue weighted by molar-refractivity contribution is 9.11. The second kappa shape index (κ2) is 6.15. The van der Waals surface area contributed by atoms with E-state index in [0.29, 0.717) is 5.82 Å². The Morgan fingerprint density at radius 2 is 2.21 bits per heavy atom. The standard InChI is InChI=1S/C13H16BrN3OS/c14-11-3-2-10(19-11)13-16-12(18-17-13)4-1-9-5-7-15-8-6-9/h2-3,9,15H,1,4-8H2. The Labute approximate surface area is 124 Å². The van der Waals surface area contributed by atoms with E-state index in [1.54, 1.807) is 11.3 Å². The maximum absolute atomic E-state index is 5.33. The lowest BCUT2D eigenvalue weighted by Gasteiger charge is -2.21. The summed E-state index contributed by atoms with van der Waals surface area (Å²) in [6.45, 7) is 2.28. The zero-order valence-electron chi connectivity index (χ0n) is 10.6. The molecule has 0 aliphatic carbocycles. The van der Waals surface area contributed by atoms with Crippen molar-refractivity contribution in [3.63, 3.8) is 0 Å². The SMILES string of the molecule is Brc1ccc(-c2noc(CCC3CCNCC3)n2)s1. The molecule has 2 aromatic rings. The van der Waals surface area contributed by atoms with E-state index in [9.17, 15) is 0 Å². The molecule has 1 aliphatic heterocycles. The number of piperidine rings is 1. The van der Waals surface area contributed by atoms with Crippen molar-refractivity contribution in [2.75, 3.05) is 13.1 Å². The fourth-order valence-electron chi connectivity index (χ4n) is 2.39. The van der Waals surface area contributed by atoms with Gasteiger partial charge in [0.15, 0.2) is 0 Å². The van der Waals surface area contributed by atoms with Gasteiger partial charge in [-0.05, 0) is 66.3 Å². The van der Waals surface area contributed by atoms with Gasteiger partial charge in [-0.15, -0.1) is 11.3 Å². The largest absolute Gasteiger partial charge is 0.339 e. The molecule has 4 nitrogen and oxygen atoms in total. The molecule has 0 radical (unpaired) electrons. The predicted molar refractivity (Wildman–Crippen MR) is 79.2 cm³/mol. The van der Waals surface area contributed by atoms with Crippen molar-refractivity contribution in [2.24, 2.45) is 5.92 Å². The van der Waals surface area contributed by atoms with Crippen molar-refractivity contribution >= 4 is 27.3 Å². The van der Waals surface area contributed by atoms with Gasteiger partial charge < -0.3 is 9.84 Å². The summed E-state index contributed by atoms with van der Waals surface area (Å²) in [7, 11) is 0. The fourth-order valence-corrected chi connectivity index (χ4v) is 3.70. The summed E-state index contributed by atoms with van der Waals surface area (Å²) < 4.78 is 6.42. The molecule has 0 atom stereocenters. The molecule has 19 heavy (non-hydrogen) atoms. The van der Waals surface area contributed by atoms with E-state index in [1.807, 2.05) is 12.1 Å². The van der Waals surface area contributed by atoms with E-state index in [1.165, 1.54) is 12.8 Å². The van der Waals surface area contributed by atoms with Gasteiger partial charge in [0.2, 0.25) is 11.7 Å². The summed E-state index contributed by atoms with van der Waals surface area (Å²) >= 11 is 5.07. The van der Waals surface area contributed by atoms with Crippen LogP contribution in [0.1, 0.15) is 25.2 Å². The molecule has 1 fully saturated rings. The number of nitrogens with one attached hydrogen (secondary N) is 1. The lowest BCUT2D eigenvalue weighted by molar-refractivity contribution is 0.324. The Balaban J connectivity index is 1.58. The van der Waals surface area contributed by atoms with E-state index in [4.69, 9.17) is 4.52 Å². The molecule has 102 valence electrons. The van der Waals surface area contributed by atoms with Crippen molar-refractivity contribution in [3.05, 3.63) is 21.8 Å². The molecule has 3 rings (SSSR count). The van der Waals surface area contributed by atoms with Gasteiger partial charge in [0.25, 0.3) is 0 Å². The second-order valence-corrected chi connectivity index (χ2v) is 7.31. The van der Waals surface area contributed by atoms with Gasteiger partial charge in [-0.25, -0.2) is 0 Å². The maximum atomic E-state index is 5.33. The topological polar surface area (TPSA) is 51.0 Å². The van der Waals surface area contributed by atoms with Crippen LogP contribution in [0.5, 0.6) is 0 Å². The number of hydrogen-bond donors (Lipinski definition) is 1. The first-order chi connectivity index (χ1) is 9.31. The number of rotatable bonds is 4. The van der Waals surface area contributed by atoms with E-state index < -0.39 is 0 Å². The number of thiophene rings is 1. The van der Waals surface area contributed by atoms with Crippen LogP contribution in [0.4, 0.5) is 0 Å². The van der Waals surface area contributed by atoms with Crippen LogP contribution in [0.15, 0.2) is 20.4 Å². The average molecular weight is 342 g/mol. The van der Waals surface area contributed by atoms with E-state index in [-0.39, 0.29) is 0 Å². The summed E-state index contributed by atoms with van der Waals surface area (Å²) in [4.78, 5) is 5.52. The fraction of sp³-hybridized carbons (Fsp3) is 0.538. The molecule has 0 spiro atoms. The number of halogens is 1. The average Bonchev–Trinajstić information content (AvgIpc) is 3.06. The first-order valence-electron chi connectivity index (χ1n) is 6.60. The van der Waals surface area contributed by atoms with Crippen molar-refractivity contribution in [1.29, 1.82) is 0 Å². The number of hydrogen-bond acceptors (Lipinski definition) is 5. The van der Waals surface area contributed by atoms with Crippen LogP contribution in [-0.2, 0) is 6.42 Å². The minimum atomic E-state index is 0.705. The Morgan fingerprint density at radius 3 is 2.95 bits per heavy atom. The molecule has 1 aliphatic rings. The lowest BCUT2D eigenvalue weighted by Crippen LogP contribution is -2.27. The minimum absolute atomic E-state index is 0.705. The van der Waals surface area contributed by atoms with Crippen LogP contribution < -0.4 is 5.32 Å². The summed E-state index contributed by atoms with van der Waals surface area (Å²) in [5.74, 6) is 2.27. The first kappa shape index (κ1) is 13.3. The summed E-state index contributed by atoms with van der Waals surface area (Å²) in [6, 6.07) is 4.02. The van der Waals surface area contributed by atoms with Crippen LogP contribution in [0.2, 0.25) is 0 Å². The minimum Gasteiger partial charge on any atom is -0.339 e. The Morgan fingerprint density at radius 1 is 1.37 bits per heavy atom. The highest BCUT2D eigenvalue weighted by Crippen LogP contribution is 2.29. The Kier molecular flexibility index (Phi) is 4.30. The van der Waals surface area contributed by atoms with Gasteiger partial charge in [-0.3, -0.25) is 0 Å². The molecule has 1 N–H and O–H groups in total. The molecule has 1 saturated heterocycles. The van der Waals surface area contributed by atoms with E-state index in [0.717, 1.165) is 46.4 Å². The van der Waals surface area contributed by atoms with Crippen molar-refractivity contribution in [3.8, 4) is 10.7 Å². The molecular formula is C13H16BrN3OS. The smallest absolute Gasteiger partial charge is 0.226 e. The van der Waals surface area contributed by atoms with Crippen molar-refractivity contribution in [2.45, 2.75) is 25.7 Å². The van der Waals surface area contributed by atoms with Crippen LogP contribution in [0.3, 0.4) is 0 Å². The number of nitrogens with zero attached hydrogens (tertiary/aromatic N) is 2. The van der Waals surface area contributed by atoms with E-state index in [2.05, 4.69) is 31.4 Å². The third-order valence-corrected chi connectivity index (χ3v) is 5.11. The third-order valence-electron chi connectivity index (χ3n) is 3.49. The van der Waals surface area contributed by atoms with Gasteiger partial charge in [-0.2, -0.15) is 4.98 Å². The van der Waals surface area contributed by atoms with Crippen molar-refractivity contribution < 1.29 is 4.52 Å². The molecule has 0 aromatic carbocycles. The molecule has 0 saturated carbocycles. The molecule has 6 heteroatoms. The third kappa shape index (κ3) is 3.43. The summed E-state index contributed by atoms with van der Waals surface area (Å²) in [6.07, 6.45) is 4.57. The molecule has 2 aromatic heterocycles. The van der Waals surface area contributed by atoms with Gasteiger partial charge in [0.1, 0.15) is 0 Å². The molecule has 0 amide bonds. The van der Waals surface area contributed by atoms with Crippen LogP contribution in [-0.4, -0.2) is 23.2 Å².